The van der Waals surface area contributed by atoms with Crippen LogP contribution in [0.15, 0.2) is 54.6 Å². The molecular weight excluding hydrogens is 406 g/mol. The molecule has 1 aliphatic heterocycles. The number of hydrogen-bond acceptors (Lipinski definition) is 4. The van der Waals surface area contributed by atoms with Crippen molar-refractivity contribution in [2.75, 3.05) is 16.3 Å². The number of rotatable bonds is 4. The van der Waals surface area contributed by atoms with Gasteiger partial charge in [-0.25, -0.2) is 0 Å². The van der Waals surface area contributed by atoms with Crippen LogP contribution >= 0.6 is 0 Å². The van der Waals surface area contributed by atoms with Crippen molar-refractivity contribution in [3.05, 3.63) is 60.2 Å². The Labute approximate surface area is 187 Å². The molecule has 2 atom stereocenters. The molecule has 1 heterocycles. The van der Waals surface area contributed by atoms with Gasteiger partial charge in [-0.05, 0) is 30.5 Å². The maximum atomic E-state index is 13.7. The summed E-state index contributed by atoms with van der Waals surface area (Å²) in [7, 11) is 0. The highest BCUT2D eigenvalue weighted by atomic mass is 16.2. The number of carbonyl (C=O) groups is 4. The van der Waals surface area contributed by atoms with Crippen LogP contribution in [0.5, 0.6) is 0 Å². The first-order valence-corrected chi connectivity index (χ1v) is 10.9. The van der Waals surface area contributed by atoms with Crippen molar-refractivity contribution >= 4 is 35.0 Å². The van der Waals surface area contributed by atoms with E-state index in [2.05, 4.69) is 0 Å². The number of carbonyl (C=O) groups excluding carboxylic acids is 4. The molecule has 1 saturated carbocycles. The van der Waals surface area contributed by atoms with Gasteiger partial charge < -0.3 is 9.80 Å². The number of imide groups is 1. The minimum atomic E-state index is -0.473. The maximum Gasteiger partial charge on any atom is 0.247 e. The Balaban J connectivity index is 1.77. The van der Waals surface area contributed by atoms with E-state index in [-0.39, 0.29) is 30.3 Å². The summed E-state index contributed by atoms with van der Waals surface area (Å²) < 4.78 is 0. The fourth-order valence-corrected chi connectivity index (χ4v) is 4.84. The minimum Gasteiger partial charge on any atom is -0.306 e. The zero-order valence-corrected chi connectivity index (χ0v) is 18.4. The topological polar surface area (TPSA) is 78.0 Å². The lowest BCUT2D eigenvalue weighted by Gasteiger charge is -2.32. The van der Waals surface area contributed by atoms with Crippen molar-refractivity contribution < 1.29 is 19.2 Å². The van der Waals surface area contributed by atoms with Crippen molar-refractivity contribution in [2.24, 2.45) is 5.92 Å². The fraction of sp³-hybridized carbons (Fsp3) is 0.360. The first-order valence-electron chi connectivity index (χ1n) is 10.9. The number of anilines is 2. The highest BCUT2D eigenvalue weighted by Crippen LogP contribution is 2.43. The third kappa shape index (κ3) is 4.02. The second kappa shape index (κ2) is 8.94. The summed E-state index contributed by atoms with van der Waals surface area (Å²) in [6.07, 6.45) is 2.25. The molecule has 2 aliphatic rings. The van der Waals surface area contributed by atoms with E-state index in [4.69, 9.17) is 0 Å². The van der Waals surface area contributed by atoms with Gasteiger partial charge in [0.15, 0.2) is 0 Å². The molecule has 4 rings (SSSR count). The van der Waals surface area contributed by atoms with Gasteiger partial charge in [0.2, 0.25) is 23.6 Å². The van der Waals surface area contributed by atoms with E-state index in [1.165, 1.54) is 13.8 Å². The molecule has 0 N–H and O–H groups in total. The number of amides is 4. The molecule has 2 aromatic carbocycles. The maximum absolute atomic E-state index is 13.7. The first kappa shape index (κ1) is 21.7. The van der Waals surface area contributed by atoms with E-state index in [0.29, 0.717) is 30.8 Å². The van der Waals surface area contributed by atoms with Crippen LogP contribution < -0.4 is 9.80 Å². The SMILES string of the molecule is CC(=O)N(CC(=O)N1c2ccccc2N(Cc2ccccc2)C(=O)C2CCC[C@H]21)C(C)=O. The van der Waals surface area contributed by atoms with Gasteiger partial charge in [-0.2, -0.15) is 0 Å². The summed E-state index contributed by atoms with van der Waals surface area (Å²) >= 11 is 0. The van der Waals surface area contributed by atoms with Gasteiger partial charge in [0.25, 0.3) is 0 Å². The number of benzene rings is 2. The quantitative estimate of drug-likeness (QED) is 0.742. The highest BCUT2D eigenvalue weighted by molar-refractivity contribution is 6.08. The first-order chi connectivity index (χ1) is 15.4. The summed E-state index contributed by atoms with van der Waals surface area (Å²) in [5.74, 6) is -1.61. The normalized spacial score (nSPS) is 19.8. The molecule has 0 aromatic heterocycles. The Morgan fingerprint density at radius 3 is 2.19 bits per heavy atom. The molecule has 7 heteroatoms. The smallest absolute Gasteiger partial charge is 0.247 e. The highest BCUT2D eigenvalue weighted by Gasteiger charge is 2.45. The third-order valence-electron chi connectivity index (χ3n) is 6.33. The summed E-state index contributed by atoms with van der Waals surface area (Å²) in [5.41, 5.74) is 2.31. The Morgan fingerprint density at radius 2 is 1.53 bits per heavy atom. The predicted molar refractivity (Wildman–Crippen MR) is 121 cm³/mol. The van der Waals surface area contributed by atoms with E-state index in [1.54, 1.807) is 9.80 Å². The fourth-order valence-electron chi connectivity index (χ4n) is 4.84. The predicted octanol–water partition coefficient (Wildman–Crippen LogP) is 3.13. The molecule has 32 heavy (non-hydrogen) atoms. The molecular formula is C25H27N3O4. The molecule has 1 aliphatic carbocycles. The average molecular weight is 434 g/mol. The van der Waals surface area contributed by atoms with Gasteiger partial charge in [0.05, 0.1) is 23.8 Å². The summed E-state index contributed by atoms with van der Waals surface area (Å²) in [5, 5.41) is 0. The number of para-hydroxylation sites is 2. The largest absolute Gasteiger partial charge is 0.306 e. The van der Waals surface area contributed by atoms with Crippen LogP contribution in [0, 0.1) is 5.92 Å². The summed E-state index contributed by atoms with van der Waals surface area (Å²) in [6, 6.07) is 16.9. The van der Waals surface area contributed by atoms with E-state index in [1.807, 2.05) is 54.6 Å². The van der Waals surface area contributed by atoms with Crippen molar-refractivity contribution in [3.63, 3.8) is 0 Å². The Kier molecular flexibility index (Phi) is 6.08. The molecule has 1 unspecified atom stereocenters. The van der Waals surface area contributed by atoms with Gasteiger partial charge >= 0.3 is 0 Å². The second-order valence-electron chi connectivity index (χ2n) is 8.39. The molecule has 4 amide bonds. The standard InChI is InChI=1S/C25H27N3O4/c1-17(29)26(18(2)30)16-24(31)28-21-14-8-11-20(21)25(32)27(15-19-9-4-3-5-10-19)22-12-6-7-13-23(22)28/h3-7,9-10,12-13,20-21H,8,11,14-16H2,1-2H3/t20?,21-/m1/s1. The molecule has 0 radical (unpaired) electrons. The third-order valence-corrected chi connectivity index (χ3v) is 6.33. The van der Waals surface area contributed by atoms with E-state index >= 15 is 0 Å². The van der Waals surface area contributed by atoms with E-state index < -0.39 is 11.8 Å². The van der Waals surface area contributed by atoms with E-state index in [0.717, 1.165) is 16.9 Å². The lowest BCUT2D eigenvalue weighted by atomic mass is 10.0. The van der Waals surface area contributed by atoms with Gasteiger partial charge in [0.1, 0.15) is 6.54 Å². The second-order valence-corrected chi connectivity index (χ2v) is 8.39. The van der Waals surface area contributed by atoms with Crippen LogP contribution in [0.4, 0.5) is 11.4 Å². The zero-order chi connectivity index (χ0) is 22.8. The number of fused-ring (bicyclic) bond motifs is 2. The summed E-state index contributed by atoms with van der Waals surface area (Å²) in [6.45, 7) is 2.62. The Morgan fingerprint density at radius 1 is 0.906 bits per heavy atom. The van der Waals surface area contributed by atoms with Crippen LogP contribution in [-0.4, -0.2) is 41.1 Å². The van der Waals surface area contributed by atoms with Crippen molar-refractivity contribution in [1.29, 1.82) is 0 Å². The van der Waals surface area contributed by atoms with Crippen molar-refractivity contribution in [1.82, 2.24) is 4.90 Å². The number of hydrogen-bond donors (Lipinski definition) is 0. The monoisotopic (exact) mass is 433 g/mol. The molecule has 0 spiro atoms. The lowest BCUT2D eigenvalue weighted by molar-refractivity contribution is -0.145. The molecule has 7 nitrogen and oxygen atoms in total. The molecule has 166 valence electrons. The molecule has 0 saturated heterocycles. The van der Waals surface area contributed by atoms with Crippen LogP contribution in [0.2, 0.25) is 0 Å². The van der Waals surface area contributed by atoms with Gasteiger partial charge in [-0.3, -0.25) is 24.1 Å². The minimum absolute atomic E-state index is 0.00842. The van der Waals surface area contributed by atoms with Crippen molar-refractivity contribution in [2.45, 2.75) is 45.7 Å². The Hall–Kier alpha value is -3.48. The van der Waals surface area contributed by atoms with Gasteiger partial charge in [-0.1, -0.05) is 48.9 Å². The van der Waals surface area contributed by atoms with Crippen LogP contribution in [0.25, 0.3) is 0 Å². The van der Waals surface area contributed by atoms with Gasteiger partial charge in [-0.15, -0.1) is 0 Å². The van der Waals surface area contributed by atoms with Gasteiger partial charge in [0, 0.05) is 19.9 Å². The summed E-state index contributed by atoms with van der Waals surface area (Å²) in [4.78, 5) is 55.4. The van der Waals surface area contributed by atoms with Crippen molar-refractivity contribution in [3.8, 4) is 0 Å². The number of nitrogens with zero attached hydrogens (tertiary/aromatic N) is 3. The van der Waals surface area contributed by atoms with Crippen LogP contribution in [-0.2, 0) is 25.7 Å². The molecule has 2 aromatic rings. The average Bonchev–Trinajstić information content (AvgIpc) is 3.22. The van der Waals surface area contributed by atoms with E-state index in [9.17, 15) is 19.2 Å². The zero-order valence-electron chi connectivity index (χ0n) is 18.4. The lowest BCUT2D eigenvalue weighted by Crippen LogP contribution is -2.50. The van der Waals surface area contributed by atoms with Crippen LogP contribution in [0.3, 0.4) is 0 Å². The van der Waals surface area contributed by atoms with Crippen LogP contribution in [0.1, 0.15) is 38.7 Å². The molecule has 0 bridgehead atoms. The molecule has 1 fully saturated rings. The Bertz CT molecular complexity index is 1040.